The average Bonchev–Trinajstić information content (AvgIpc) is 3.30. The molecule has 2 aliphatic heterocycles. The molecule has 2 fully saturated rings. The molecule has 2 saturated heterocycles. The Morgan fingerprint density at radius 3 is 2.53 bits per heavy atom. The molecule has 5 rings (SSSR count). The number of hydrogen-bond acceptors (Lipinski definition) is 6. The molecule has 1 amide bonds. The molecule has 4 heterocycles. The second kappa shape index (κ2) is 8.94. The van der Waals surface area contributed by atoms with Crippen LogP contribution in [0.5, 0.6) is 0 Å². The Bertz CT molecular complexity index is 1170. The number of piperidine rings is 1. The SMILES string of the molecule is Cc1cccc(N2CCN(C(=O)Cn3c(N4CCCCC4)nc4ccsc4c3=O)CC2)c1. The maximum Gasteiger partial charge on any atom is 0.273 e. The first kappa shape index (κ1) is 21.0. The van der Waals surface area contributed by atoms with Gasteiger partial charge < -0.3 is 14.7 Å². The molecule has 0 N–H and O–H groups in total. The number of amides is 1. The molecule has 0 saturated carbocycles. The molecule has 0 spiro atoms. The maximum absolute atomic E-state index is 13.3. The summed E-state index contributed by atoms with van der Waals surface area (Å²) >= 11 is 1.40. The van der Waals surface area contributed by atoms with Crippen LogP contribution in [0.3, 0.4) is 0 Å². The number of piperazine rings is 1. The van der Waals surface area contributed by atoms with E-state index in [0.29, 0.717) is 23.7 Å². The molecule has 2 aliphatic rings. The Morgan fingerprint density at radius 1 is 1.00 bits per heavy atom. The van der Waals surface area contributed by atoms with E-state index in [9.17, 15) is 9.59 Å². The standard InChI is InChI=1S/C24H29N5O2S/c1-18-6-5-7-19(16-18)26-11-13-27(14-12-26)21(30)17-29-23(31)22-20(8-15-32-22)25-24(29)28-9-3-2-4-10-28/h5-8,15-16H,2-4,9-14,17H2,1H3. The van der Waals surface area contributed by atoms with Crippen LogP contribution in [0, 0.1) is 6.92 Å². The number of rotatable bonds is 4. The summed E-state index contributed by atoms with van der Waals surface area (Å²) in [5.41, 5.74) is 3.07. The van der Waals surface area contributed by atoms with E-state index >= 15 is 0 Å². The molecule has 0 unspecified atom stereocenters. The number of nitrogens with zero attached hydrogens (tertiary/aromatic N) is 5. The minimum absolute atomic E-state index is 0.00745. The number of carbonyl (C=O) groups excluding carboxylic acids is 1. The summed E-state index contributed by atoms with van der Waals surface area (Å²) in [6.45, 7) is 6.83. The van der Waals surface area contributed by atoms with Gasteiger partial charge in [-0.15, -0.1) is 11.3 Å². The van der Waals surface area contributed by atoms with E-state index in [1.54, 1.807) is 4.57 Å². The molecule has 8 heteroatoms. The highest BCUT2D eigenvalue weighted by Gasteiger charge is 2.25. The molecule has 3 aromatic rings. The van der Waals surface area contributed by atoms with Gasteiger partial charge in [0.25, 0.3) is 5.56 Å². The highest BCUT2D eigenvalue weighted by molar-refractivity contribution is 7.17. The Labute approximate surface area is 191 Å². The van der Waals surface area contributed by atoms with E-state index < -0.39 is 0 Å². The van der Waals surface area contributed by atoms with Gasteiger partial charge in [0, 0.05) is 45.0 Å². The van der Waals surface area contributed by atoms with Crippen molar-refractivity contribution in [1.82, 2.24) is 14.5 Å². The quantitative estimate of drug-likeness (QED) is 0.610. The Kier molecular flexibility index (Phi) is 5.87. The first-order valence-corrected chi connectivity index (χ1v) is 12.3. The number of hydrogen-bond donors (Lipinski definition) is 0. The van der Waals surface area contributed by atoms with Crippen molar-refractivity contribution in [3.63, 3.8) is 0 Å². The lowest BCUT2D eigenvalue weighted by Gasteiger charge is -2.36. The molecule has 0 aliphatic carbocycles. The lowest BCUT2D eigenvalue weighted by molar-refractivity contribution is -0.132. The van der Waals surface area contributed by atoms with Crippen LogP contribution < -0.4 is 15.4 Å². The van der Waals surface area contributed by atoms with Crippen LogP contribution in [0.15, 0.2) is 40.5 Å². The number of anilines is 2. The Morgan fingerprint density at radius 2 is 1.78 bits per heavy atom. The van der Waals surface area contributed by atoms with Crippen LogP contribution in [0.1, 0.15) is 24.8 Å². The van der Waals surface area contributed by atoms with Gasteiger partial charge in [0.15, 0.2) is 0 Å². The van der Waals surface area contributed by atoms with Gasteiger partial charge in [0.2, 0.25) is 11.9 Å². The van der Waals surface area contributed by atoms with Crippen molar-refractivity contribution in [1.29, 1.82) is 0 Å². The van der Waals surface area contributed by atoms with Crippen molar-refractivity contribution >= 4 is 39.1 Å². The number of aromatic nitrogens is 2. The van der Waals surface area contributed by atoms with Gasteiger partial charge in [-0.1, -0.05) is 12.1 Å². The first-order valence-electron chi connectivity index (χ1n) is 11.4. The summed E-state index contributed by atoms with van der Waals surface area (Å²) in [4.78, 5) is 37.7. The van der Waals surface area contributed by atoms with Gasteiger partial charge >= 0.3 is 0 Å². The largest absolute Gasteiger partial charge is 0.368 e. The first-order chi connectivity index (χ1) is 15.6. The Hall–Kier alpha value is -2.87. The smallest absolute Gasteiger partial charge is 0.273 e. The fourth-order valence-corrected chi connectivity index (χ4v) is 5.46. The van der Waals surface area contributed by atoms with E-state index in [2.05, 4.69) is 41.0 Å². The normalized spacial score (nSPS) is 17.2. The second-order valence-corrected chi connectivity index (χ2v) is 9.61. The van der Waals surface area contributed by atoms with Crippen molar-refractivity contribution in [2.45, 2.75) is 32.7 Å². The van der Waals surface area contributed by atoms with Gasteiger partial charge in [-0.2, -0.15) is 0 Å². The average molecular weight is 452 g/mol. The summed E-state index contributed by atoms with van der Waals surface area (Å²) in [6, 6.07) is 10.4. The monoisotopic (exact) mass is 451 g/mol. The van der Waals surface area contributed by atoms with Crippen LogP contribution in [-0.4, -0.2) is 59.6 Å². The third-order valence-corrected chi connectivity index (χ3v) is 7.37. The Balaban J connectivity index is 1.34. The molecular formula is C24H29N5O2S. The van der Waals surface area contributed by atoms with Crippen LogP contribution in [-0.2, 0) is 11.3 Å². The van der Waals surface area contributed by atoms with Gasteiger partial charge in [0.05, 0.1) is 5.52 Å². The van der Waals surface area contributed by atoms with Crippen LogP contribution in [0.25, 0.3) is 10.2 Å². The van der Waals surface area contributed by atoms with Crippen molar-refractivity contribution < 1.29 is 4.79 Å². The third-order valence-electron chi connectivity index (χ3n) is 6.48. The summed E-state index contributed by atoms with van der Waals surface area (Å²) in [7, 11) is 0. The van der Waals surface area contributed by atoms with Crippen LogP contribution >= 0.6 is 11.3 Å². The van der Waals surface area contributed by atoms with Crippen molar-refractivity contribution in [2.24, 2.45) is 0 Å². The molecule has 0 radical (unpaired) electrons. The molecular weight excluding hydrogens is 422 g/mol. The number of carbonyl (C=O) groups is 1. The van der Waals surface area contributed by atoms with Gasteiger partial charge in [-0.25, -0.2) is 4.98 Å². The van der Waals surface area contributed by atoms with Gasteiger partial charge in [0.1, 0.15) is 11.2 Å². The number of benzene rings is 1. The van der Waals surface area contributed by atoms with Crippen LogP contribution in [0.2, 0.25) is 0 Å². The predicted octanol–water partition coefficient (Wildman–Crippen LogP) is 3.11. The molecule has 2 aromatic heterocycles. The highest BCUT2D eigenvalue weighted by Crippen LogP contribution is 2.23. The summed E-state index contributed by atoms with van der Waals surface area (Å²) < 4.78 is 2.24. The summed E-state index contributed by atoms with van der Waals surface area (Å²) in [6.07, 6.45) is 3.38. The molecule has 1 aromatic carbocycles. The molecule has 0 atom stereocenters. The topological polar surface area (TPSA) is 61.7 Å². The van der Waals surface area contributed by atoms with E-state index in [1.807, 2.05) is 16.3 Å². The third kappa shape index (κ3) is 4.11. The zero-order valence-electron chi connectivity index (χ0n) is 18.5. The van der Waals surface area contributed by atoms with E-state index in [1.165, 1.54) is 29.0 Å². The molecule has 168 valence electrons. The minimum Gasteiger partial charge on any atom is -0.368 e. The minimum atomic E-state index is -0.0997. The zero-order chi connectivity index (χ0) is 22.1. The number of thiophene rings is 1. The summed E-state index contributed by atoms with van der Waals surface area (Å²) in [5.74, 6) is 0.638. The molecule has 32 heavy (non-hydrogen) atoms. The maximum atomic E-state index is 13.3. The highest BCUT2D eigenvalue weighted by atomic mass is 32.1. The van der Waals surface area contributed by atoms with E-state index in [0.717, 1.165) is 44.5 Å². The van der Waals surface area contributed by atoms with Crippen molar-refractivity contribution in [2.75, 3.05) is 49.1 Å². The number of fused-ring (bicyclic) bond motifs is 1. The van der Waals surface area contributed by atoms with Crippen LogP contribution in [0.4, 0.5) is 11.6 Å². The van der Waals surface area contributed by atoms with E-state index in [-0.39, 0.29) is 18.0 Å². The lowest BCUT2D eigenvalue weighted by Crippen LogP contribution is -2.50. The molecule has 0 bridgehead atoms. The zero-order valence-corrected chi connectivity index (χ0v) is 19.3. The molecule has 7 nitrogen and oxygen atoms in total. The summed E-state index contributed by atoms with van der Waals surface area (Å²) in [5, 5.41) is 1.90. The fourth-order valence-electron chi connectivity index (χ4n) is 4.68. The van der Waals surface area contributed by atoms with Gasteiger partial charge in [-0.3, -0.25) is 14.2 Å². The fraction of sp³-hybridized carbons (Fsp3) is 0.458. The van der Waals surface area contributed by atoms with Crippen molar-refractivity contribution in [3.8, 4) is 0 Å². The lowest BCUT2D eigenvalue weighted by atomic mass is 10.1. The second-order valence-electron chi connectivity index (χ2n) is 8.69. The predicted molar refractivity (Wildman–Crippen MR) is 130 cm³/mol. The van der Waals surface area contributed by atoms with E-state index in [4.69, 9.17) is 4.98 Å². The van der Waals surface area contributed by atoms with Crippen molar-refractivity contribution in [3.05, 3.63) is 51.6 Å². The van der Waals surface area contributed by atoms with Gasteiger partial charge in [-0.05, 0) is 55.3 Å². The number of aryl methyl sites for hydroxylation is 1.